The second kappa shape index (κ2) is 9.94. The van der Waals surface area contributed by atoms with Crippen molar-refractivity contribution in [1.82, 2.24) is 5.32 Å². The molecule has 2 unspecified atom stereocenters. The molecule has 2 atom stereocenters. The van der Waals surface area contributed by atoms with Gasteiger partial charge in [0.2, 0.25) is 0 Å². The van der Waals surface area contributed by atoms with E-state index in [0.717, 1.165) is 12.5 Å². The summed E-state index contributed by atoms with van der Waals surface area (Å²) < 4.78 is 0. The Hall–Kier alpha value is -0.0400. The van der Waals surface area contributed by atoms with Gasteiger partial charge < -0.3 is 5.32 Å². The first-order valence-corrected chi connectivity index (χ1v) is 7.84. The molecule has 1 nitrogen and oxygen atoms in total. The van der Waals surface area contributed by atoms with E-state index < -0.39 is 0 Å². The van der Waals surface area contributed by atoms with Crippen LogP contribution in [0.3, 0.4) is 0 Å². The maximum atomic E-state index is 3.60. The Balaban J connectivity index is 4.41. The van der Waals surface area contributed by atoms with Crippen LogP contribution in [0.4, 0.5) is 0 Å². The quantitative estimate of drug-likeness (QED) is 0.536. The van der Waals surface area contributed by atoms with Crippen molar-refractivity contribution in [3.63, 3.8) is 0 Å². The zero-order chi connectivity index (χ0) is 13.1. The molecule has 1 N–H and O–H groups in total. The van der Waals surface area contributed by atoms with Gasteiger partial charge in [-0.1, -0.05) is 60.3 Å². The molecule has 0 spiro atoms. The van der Waals surface area contributed by atoms with Gasteiger partial charge in [0, 0.05) is 6.54 Å². The summed E-state index contributed by atoms with van der Waals surface area (Å²) >= 11 is 0. The van der Waals surface area contributed by atoms with Gasteiger partial charge >= 0.3 is 0 Å². The van der Waals surface area contributed by atoms with Crippen LogP contribution in [0.1, 0.15) is 79.6 Å². The van der Waals surface area contributed by atoms with E-state index in [-0.39, 0.29) is 0 Å². The number of rotatable bonds is 11. The zero-order valence-corrected chi connectivity index (χ0v) is 12.9. The van der Waals surface area contributed by atoms with Gasteiger partial charge in [0.25, 0.3) is 0 Å². The predicted octanol–water partition coefficient (Wildman–Crippen LogP) is 5.01. The van der Waals surface area contributed by atoms with E-state index in [1.54, 1.807) is 0 Å². The van der Waals surface area contributed by atoms with Crippen LogP contribution >= 0.6 is 0 Å². The van der Waals surface area contributed by atoms with Gasteiger partial charge in [-0.3, -0.25) is 0 Å². The highest BCUT2D eigenvalue weighted by atomic mass is 14.9. The van der Waals surface area contributed by atoms with Gasteiger partial charge in [-0.15, -0.1) is 0 Å². The monoisotopic (exact) mass is 241 g/mol. The summed E-state index contributed by atoms with van der Waals surface area (Å²) in [5, 5.41) is 3.60. The Morgan fingerprint density at radius 2 is 1.76 bits per heavy atom. The molecule has 1 heteroatoms. The van der Waals surface area contributed by atoms with Gasteiger partial charge in [0.15, 0.2) is 0 Å². The maximum absolute atomic E-state index is 3.60. The lowest BCUT2D eigenvalue weighted by Gasteiger charge is -2.36. The normalized spacial score (nSPS) is 16.8. The number of hydrogen-bond donors (Lipinski definition) is 1. The van der Waals surface area contributed by atoms with Crippen molar-refractivity contribution < 1.29 is 0 Å². The summed E-state index contributed by atoms with van der Waals surface area (Å²) in [7, 11) is 0. The van der Waals surface area contributed by atoms with Crippen LogP contribution < -0.4 is 5.32 Å². The molecule has 0 aliphatic heterocycles. The lowest BCUT2D eigenvalue weighted by Crippen LogP contribution is -2.35. The lowest BCUT2D eigenvalue weighted by atomic mass is 9.73. The molecule has 0 fully saturated rings. The molecule has 0 saturated carbocycles. The summed E-state index contributed by atoms with van der Waals surface area (Å²) in [6.07, 6.45) is 9.57. The minimum absolute atomic E-state index is 0.556. The molecule has 0 aromatic carbocycles. The highest BCUT2D eigenvalue weighted by molar-refractivity contribution is 4.82. The molecule has 0 aliphatic carbocycles. The first kappa shape index (κ1) is 17.0. The molecule has 0 aromatic rings. The van der Waals surface area contributed by atoms with Gasteiger partial charge in [-0.2, -0.15) is 0 Å². The van der Waals surface area contributed by atoms with E-state index >= 15 is 0 Å². The first-order valence-electron chi connectivity index (χ1n) is 7.84. The van der Waals surface area contributed by atoms with Crippen LogP contribution in [-0.4, -0.2) is 13.1 Å². The van der Waals surface area contributed by atoms with Crippen molar-refractivity contribution in [3.05, 3.63) is 0 Å². The third kappa shape index (κ3) is 7.08. The fourth-order valence-corrected chi connectivity index (χ4v) is 2.98. The Labute approximate surface area is 110 Å². The zero-order valence-electron chi connectivity index (χ0n) is 12.9. The van der Waals surface area contributed by atoms with Crippen molar-refractivity contribution in [3.8, 4) is 0 Å². The van der Waals surface area contributed by atoms with Crippen molar-refractivity contribution in [2.75, 3.05) is 13.1 Å². The number of nitrogens with one attached hydrogen (secondary N) is 1. The summed E-state index contributed by atoms with van der Waals surface area (Å²) in [5.41, 5.74) is 0.556. The highest BCUT2D eigenvalue weighted by Gasteiger charge is 2.28. The molecule has 0 aromatic heterocycles. The van der Waals surface area contributed by atoms with Gasteiger partial charge in [0.1, 0.15) is 0 Å². The topological polar surface area (TPSA) is 12.0 Å². The van der Waals surface area contributed by atoms with E-state index in [0.29, 0.717) is 5.41 Å². The number of hydrogen-bond acceptors (Lipinski definition) is 1. The van der Waals surface area contributed by atoms with Gasteiger partial charge in [0.05, 0.1) is 0 Å². The summed E-state index contributed by atoms with van der Waals surface area (Å²) in [6.45, 7) is 14.0. The van der Waals surface area contributed by atoms with Gasteiger partial charge in [-0.25, -0.2) is 0 Å². The molecule has 104 valence electrons. The Morgan fingerprint density at radius 3 is 2.24 bits per heavy atom. The third-order valence-corrected chi connectivity index (χ3v) is 4.12. The van der Waals surface area contributed by atoms with Crippen molar-refractivity contribution in [1.29, 1.82) is 0 Å². The average molecular weight is 241 g/mol. The number of unbranched alkanes of at least 4 members (excludes halogenated alkanes) is 1. The maximum Gasteiger partial charge on any atom is 0.000769 e. The summed E-state index contributed by atoms with van der Waals surface area (Å²) in [6, 6.07) is 0. The molecule has 17 heavy (non-hydrogen) atoms. The standard InChI is InChI=1S/C16H35N/c1-6-10-12-16(8-3,14-17-9-4)13-15(5)11-7-2/h15,17H,6-14H2,1-5H3. The molecule has 0 heterocycles. The van der Waals surface area contributed by atoms with E-state index in [2.05, 4.69) is 39.9 Å². The van der Waals surface area contributed by atoms with E-state index in [1.807, 2.05) is 0 Å². The van der Waals surface area contributed by atoms with Crippen LogP contribution in [0.25, 0.3) is 0 Å². The lowest BCUT2D eigenvalue weighted by molar-refractivity contribution is 0.176. The molecule has 0 aliphatic rings. The van der Waals surface area contributed by atoms with Crippen LogP contribution in [0.5, 0.6) is 0 Å². The third-order valence-electron chi connectivity index (χ3n) is 4.12. The first-order chi connectivity index (χ1) is 8.14. The molecule has 0 amide bonds. The second-order valence-electron chi connectivity index (χ2n) is 5.84. The second-order valence-corrected chi connectivity index (χ2v) is 5.84. The predicted molar refractivity (Wildman–Crippen MR) is 79.5 cm³/mol. The Morgan fingerprint density at radius 1 is 1.06 bits per heavy atom. The molecule has 0 rings (SSSR count). The Bertz CT molecular complexity index is 157. The smallest absolute Gasteiger partial charge is 0.000769 e. The SMILES string of the molecule is CCCCC(CC)(CNCC)CC(C)CCC. The van der Waals surface area contributed by atoms with Crippen LogP contribution in [0.2, 0.25) is 0 Å². The van der Waals surface area contributed by atoms with E-state index in [1.165, 1.54) is 51.5 Å². The van der Waals surface area contributed by atoms with Crippen molar-refractivity contribution in [2.45, 2.75) is 79.6 Å². The average Bonchev–Trinajstić information content (AvgIpc) is 2.33. The van der Waals surface area contributed by atoms with E-state index in [4.69, 9.17) is 0 Å². The fourth-order valence-electron chi connectivity index (χ4n) is 2.98. The summed E-state index contributed by atoms with van der Waals surface area (Å²) in [4.78, 5) is 0. The van der Waals surface area contributed by atoms with Gasteiger partial charge in [-0.05, 0) is 37.1 Å². The largest absolute Gasteiger partial charge is 0.316 e. The highest BCUT2D eigenvalue weighted by Crippen LogP contribution is 2.36. The Kier molecular flexibility index (Phi) is 9.91. The minimum Gasteiger partial charge on any atom is -0.316 e. The molecular formula is C16H35N. The molecule has 0 bridgehead atoms. The van der Waals surface area contributed by atoms with Crippen LogP contribution in [0.15, 0.2) is 0 Å². The molecular weight excluding hydrogens is 206 g/mol. The van der Waals surface area contributed by atoms with Crippen molar-refractivity contribution >= 4 is 0 Å². The molecule has 0 saturated heterocycles. The van der Waals surface area contributed by atoms with Crippen LogP contribution in [0, 0.1) is 11.3 Å². The minimum atomic E-state index is 0.556. The molecule has 0 radical (unpaired) electrons. The van der Waals surface area contributed by atoms with Crippen LogP contribution in [-0.2, 0) is 0 Å². The van der Waals surface area contributed by atoms with E-state index in [9.17, 15) is 0 Å². The van der Waals surface area contributed by atoms with Crippen molar-refractivity contribution in [2.24, 2.45) is 11.3 Å². The fraction of sp³-hybridized carbons (Fsp3) is 1.00. The summed E-state index contributed by atoms with van der Waals surface area (Å²) in [5.74, 6) is 0.885.